The van der Waals surface area contributed by atoms with Crippen molar-refractivity contribution in [3.05, 3.63) is 0 Å². The number of urea groups is 1. The molecule has 0 bridgehead atoms. The Morgan fingerprint density at radius 1 is 1.26 bits per heavy atom. The molecule has 0 radical (unpaired) electrons. The maximum atomic E-state index is 12.0. The van der Waals surface area contributed by atoms with Gasteiger partial charge < -0.3 is 20.6 Å². The summed E-state index contributed by atoms with van der Waals surface area (Å²) in [6, 6.07) is -1.17. The topological polar surface area (TPSA) is 98.7 Å². The fourth-order valence-electron chi connectivity index (χ4n) is 2.39. The molecule has 106 valence electrons. The Labute approximate surface area is 111 Å². The van der Waals surface area contributed by atoms with Crippen molar-refractivity contribution < 1.29 is 19.5 Å². The molecule has 2 unspecified atom stereocenters. The summed E-state index contributed by atoms with van der Waals surface area (Å²) in [6.07, 6.45) is 2.41. The molecule has 0 aromatic heterocycles. The van der Waals surface area contributed by atoms with E-state index in [0.717, 1.165) is 12.8 Å². The Hall–Kier alpha value is -1.79. The number of amides is 3. The van der Waals surface area contributed by atoms with E-state index in [4.69, 9.17) is 5.11 Å². The molecule has 0 spiro atoms. The fraction of sp³-hybridized carbons (Fsp3) is 0.750. The number of carbonyl (C=O) groups excluding carboxylic acids is 2. The van der Waals surface area contributed by atoms with E-state index in [1.54, 1.807) is 4.90 Å². The Balaban J connectivity index is 1.83. The predicted molar refractivity (Wildman–Crippen MR) is 66.5 cm³/mol. The first-order valence-electron chi connectivity index (χ1n) is 6.52. The molecule has 1 saturated heterocycles. The normalized spacial score (nSPS) is 23.8. The van der Waals surface area contributed by atoms with Crippen LogP contribution in [0.4, 0.5) is 4.79 Å². The van der Waals surface area contributed by atoms with Crippen molar-refractivity contribution in [2.45, 2.75) is 38.3 Å². The Kier molecular flexibility index (Phi) is 3.92. The van der Waals surface area contributed by atoms with E-state index >= 15 is 0 Å². The number of carboxylic acids is 1. The molecule has 2 aliphatic rings. The molecule has 19 heavy (non-hydrogen) atoms. The van der Waals surface area contributed by atoms with Crippen molar-refractivity contribution in [2.75, 3.05) is 13.1 Å². The molecule has 2 fully saturated rings. The van der Waals surface area contributed by atoms with Crippen LogP contribution in [0.3, 0.4) is 0 Å². The number of hydrogen-bond acceptors (Lipinski definition) is 3. The zero-order valence-corrected chi connectivity index (χ0v) is 10.9. The fourth-order valence-corrected chi connectivity index (χ4v) is 2.39. The first-order chi connectivity index (χ1) is 8.97. The van der Waals surface area contributed by atoms with Gasteiger partial charge in [-0.25, -0.2) is 9.59 Å². The number of aliphatic carboxylic acids is 1. The highest BCUT2D eigenvalue weighted by atomic mass is 16.4. The van der Waals surface area contributed by atoms with Crippen LogP contribution < -0.4 is 10.6 Å². The van der Waals surface area contributed by atoms with Gasteiger partial charge in [0.25, 0.3) is 0 Å². The summed E-state index contributed by atoms with van der Waals surface area (Å²) < 4.78 is 0. The zero-order valence-electron chi connectivity index (χ0n) is 10.9. The van der Waals surface area contributed by atoms with Gasteiger partial charge in [0.1, 0.15) is 6.04 Å². The molecular weight excluding hydrogens is 250 g/mol. The van der Waals surface area contributed by atoms with E-state index in [0.29, 0.717) is 19.5 Å². The molecule has 2 rings (SSSR count). The SMILES string of the molecule is CC(=O)NC1CCN(C(=O)NC(C(=O)O)C2CC2)C1. The Morgan fingerprint density at radius 2 is 1.95 bits per heavy atom. The van der Waals surface area contributed by atoms with Crippen LogP contribution in [0, 0.1) is 5.92 Å². The average molecular weight is 269 g/mol. The maximum Gasteiger partial charge on any atom is 0.326 e. The largest absolute Gasteiger partial charge is 0.480 e. The second-order valence-electron chi connectivity index (χ2n) is 5.23. The average Bonchev–Trinajstić information content (AvgIpc) is 3.05. The van der Waals surface area contributed by atoms with E-state index in [-0.39, 0.29) is 23.9 Å². The summed E-state index contributed by atoms with van der Waals surface area (Å²) in [4.78, 5) is 35.5. The monoisotopic (exact) mass is 269 g/mol. The summed E-state index contributed by atoms with van der Waals surface area (Å²) in [5.41, 5.74) is 0. The van der Waals surface area contributed by atoms with Crippen LogP contribution in [0.1, 0.15) is 26.2 Å². The molecule has 1 aliphatic heterocycles. The van der Waals surface area contributed by atoms with Gasteiger partial charge in [-0.15, -0.1) is 0 Å². The van der Waals surface area contributed by atoms with Crippen LogP contribution in [0.15, 0.2) is 0 Å². The van der Waals surface area contributed by atoms with Gasteiger partial charge in [0.05, 0.1) is 0 Å². The lowest BCUT2D eigenvalue weighted by Gasteiger charge is -2.21. The highest BCUT2D eigenvalue weighted by Crippen LogP contribution is 2.32. The third-order valence-electron chi connectivity index (χ3n) is 3.52. The third-order valence-corrected chi connectivity index (χ3v) is 3.52. The minimum Gasteiger partial charge on any atom is -0.480 e. The van der Waals surface area contributed by atoms with E-state index in [1.165, 1.54) is 6.92 Å². The van der Waals surface area contributed by atoms with Crippen molar-refractivity contribution in [3.8, 4) is 0 Å². The molecular formula is C12H19N3O4. The van der Waals surface area contributed by atoms with Crippen molar-refractivity contribution >= 4 is 17.9 Å². The summed E-state index contributed by atoms with van der Waals surface area (Å²) in [6.45, 7) is 2.41. The summed E-state index contributed by atoms with van der Waals surface area (Å²) in [7, 11) is 0. The molecule has 2 atom stereocenters. The van der Waals surface area contributed by atoms with E-state index in [9.17, 15) is 14.4 Å². The molecule has 7 heteroatoms. The van der Waals surface area contributed by atoms with Crippen LogP contribution >= 0.6 is 0 Å². The predicted octanol–water partition coefficient (Wildman–Crippen LogP) is -0.230. The van der Waals surface area contributed by atoms with Crippen molar-refractivity contribution in [3.63, 3.8) is 0 Å². The summed E-state index contributed by atoms with van der Waals surface area (Å²) in [5.74, 6) is -1.03. The molecule has 1 heterocycles. The van der Waals surface area contributed by atoms with E-state index < -0.39 is 12.0 Å². The van der Waals surface area contributed by atoms with Gasteiger partial charge in [-0.2, -0.15) is 0 Å². The number of rotatable bonds is 4. The lowest BCUT2D eigenvalue weighted by molar-refractivity contribution is -0.139. The number of nitrogens with zero attached hydrogens (tertiary/aromatic N) is 1. The van der Waals surface area contributed by atoms with Gasteiger partial charge in [0, 0.05) is 26.1 Å². The van der Waals surface area contributed by atoms with Crippen LogP contribution in [0.2, 0.25) is 0 Å². The number of likely N-dealkylation sites (tertiary alicyclic amines) is 1. The lowest BCUT2D eigenvalue weighted by atomic mass is 10.2. The summed E-state index contributed by atoms with van der Waals surface area (Å²) >= 11 is 0. The van der Waals surface area contributed by atoms with Gasteiger partial charge in [-0.3, -0.25) is 4.79 Å². The Morgan fingerprint density at radius 3 is 2.47 bits per heavy atom. The Bertz CT molecular complexity index is 394. The van der Waals surface area contributed by atoms with Crippen LogP contribution in [0.25, 0.3) is 0 Å². The van der Waals surface area contributed by atoms with Gasteiger partial charge in [-0.05, 0) is 25.2 Å². The zero-order chi connectivity index (χ0) is 14.0. The molecule has 7 nitrogen and oxygen atoms in total. The molecule has 3 N–H and O–H groups in total. The van der Waals surface area contributed by atoms with Gasteiger partial charge in [0.15, 0.2) is 0 Å². The van der Waals surface area contributed by atoms with Crippen LogP contribution in [0.5, 0.6) is 0 Å². The highest BCUT2D eigenvalue weighted by molar-refractivity contribution is 5.83. The van der Waals surface area contributed by atoms with Crippen LogP contribution in [-0.4, -0.2) is 53.1 Å². The first-order valence-corrected chi connectivity index (χ1v) is 6.52. The standard InChI is InChI=1S/C12H19N3O4/c1-7(16)13-9-4-5-15(6-9)12(19)14-10(11(17)18)8-2-3-8/h8-10H,2-6H2,1H3,(H,13,16)(H,14,19)(H,17,18). The van der Waals surface area contributed by atoms with Crippen molar-refractivity contribution in [2.24, 2.45) is 5.92 Å². The highest BCUT2D eigenvalue weighted by Gasteiger charge is 2.38. The van der Waals surface area contributed by atoms with Gasteiger partial charge in [0.2, 0.25) is 5.91 Å². The first kappa shape index (κ1) is 13.6. The number of carboxylic acid groups (broad SMARTS) is 1. The van der Waals surface area contributed by atoms with Gasteiger partial charge >= 0.3 is 12.0 Å². The van der Waals surface area contributed by atoms with E-state index in [2.05, 4.69) is 10.6 Å². The minimum absolute atomic E-state index is 0.0348. The molecule has 1 aliphatic carbocycles. The van der Waals surface area contributed by atoms with Crippen molar-refractivity contribution in [1.82, 2.24) is 15.5 Å². The van der Waals surface area contributed by atoms with Crippen LogP contribution in [-0.2, 0) is 9.59 Å². The van der Waals surface area contributed by atoms with E-state index in [1.807, 2.05) is 0 Å². The third kappa shape index (κ3) is 3.59. The molecule has 0 aromatic rings. The second kappa shape index (κ2) is 5.46. The number of hydrogen-bond donors (Lipinski definition) is 3. The lowest BCUT2D eigenvalue weighted by Crippen LogP contribution is -2.49. The molecule has 0 aromatic carbocycles. The molecule has 3 amide bonds. The van der Waals surface area contributed by atoms with Crippen molar-refractivity contribution in [1.29, 1.82) is 0 Å². The maximum absolute atomic E-state index is 12.0. The summed E-state index contributed by atoms with van der Waals surface area (Å²) in [5, 5.41) is 14.4. The second-order valence-corrected chi connectivity index (χ2v) is 5.23. The minimum atomic E-state index is -0.978. The smallest absolute Gasteiger partial charge is 0.326 e. The molecule has 1 saturated carbocycles. The number of carbonyl (C=O) groups is 3. The quantitative estimate of drug-likeness (QED) is 0.656. The van der Waals surface area contributed by atoms with Gasteiger partial charge in [-0.1, -0.05) is 0 Å². The number of nitrogens with one attached hydrogen (secondary N) is 2.